The van der Waals surface area contributed by atoms with Crippen molar-refractivity contribution in [2.75, 3.05) is 7.11 Å². The third kappa shape index (κ3) is 1.80. The first-order valence-electron chi connectivity index (χ1n) is 4.08. The number of aromatic nitrogens is 5. The molecule has 0 atom stereocenters. The summed E-state index contributed by atoms with van der Waals surface area (Å²) in [7, 11) is 1.28. The average Bonchev–Trinajstić information content (AvgIpc) is 2.82. The van der Waals surface area contributed by atoms with E-state index in [0.29, 0.717) is 5.82 Å². The zero-order chi connectivity index (χ0) is 10.7. The lowest BCUT2D eigenvalue weighted by Crippen LogP contribution is -2.08. The summed E-state index contributed by atoms with van der Waals surface area (Å²) in [5.74, 6) is -0.0878. The highest BCUT2D eigenvalue weighted by molar-refractivity contribution is 5.86. The Morgan fingerprint density at radius 3 is 2.53 bits per heavy atom. The van der Waals surface area contributed by atoms with Crippen molar-refractivity contribution in [1.82, 2.24) is 25.0 Å². The number of carbonyl (C=O) groups excluding carboxylic acids is 1. The number of ether oxygens (including phenoxy) is 1. The SMILES string of the molecule is COC(=O)c1cnc(-n2nccn2)cn1. The monoisotopic (exact) mass is 205 g/mol. The second-order valence-corrected chi connectivity index (χ2v) is 2.57. The van der Waals surface area contributed by atoms with E-state index in [1.807, 2.05) is 0 Å². The molecule has 0 saturated heterocycles. The van der Waals surface area contributed by atoms with Crippen LogP contribution in [0, 0.1) is 0 Å². The number of hydrogen-bond acceptors (Lipinski definition) is 6. The van der Waals surface area contributed by atoms with E-state index in [-0.39, 0.29) is 5.69 Å². The largest absolute Gasteiger partial charge is 0.464 e. The highest BCUT2D eigenvalue weighted by atomic mass is 16.5. The van der Waals surface area contributed by atoms with E-state index in [1.165, 1.54) is 36.7 Å². The Hall–Kier alpha value is -2.31. The van der Waals surface area contributed by atoms with Gasteiger partial charge >= 0.3 is 5.97 Å². The van der Waals surface area contributed by atoms with Gasteiger partial charge < -0.3 is 4.74 Å². The molecule has 2 aromatic rings. The van der Waals surface area contributed by atoms with Crippen LogP contribution in [-0.2, 0) is 4.74 Å². The van der Waals surface area contributed by atoms with Crippen LogP contribution >= 0.6 is 0 Å². The van der Waals surface area contributed by atoms with Crippen LogP contribution in [0.5, 0.6) is 0 Å². The molecular formula is C8H7N5O2. The summed E-state index contributed by atoms with van der Waals surface area (Å²) in [6, 6.07) is 0. The maximum Gasteiger partial charge on any atom is 0.358 e. The highest BCUT2D eigenvalue weighted by Crippen LogP contribution is 1.99. The molecule has 15 heavy (non-hydrogen) atoms. The van der Waals surface area contributed by atoms with Crippen molar-refractivity contribution in [3.63, 3.8) is 0 Å². The van der Waals surface area contributed by atoms with Crippen LogP contribution in [0.2, 0.25) is 0 Å². The number of nitrogens with zero attached hydrogens (tertiary/aromatic N) is 5. The number of hydrogen-bond donors (Lipinski definition) is 0. The standard InChI is InChI=1S/C8H7N5O2/c1-15-8(14)6-4-10-7(5-9-6)13-11-2-3-12-13/h2-5H,1H3. The first kappa shape index (κ1) is 9.25. The van der Waals surface area contributed by atoms with E-state index in [1.54, 1.807) is 0 Å². The molecule has 0 saturated carbocycles. The Bertz CT molecular complexity index is 450. The van der Waals surface area contributed by atoms with Gasteiger partial charge in [0.15, 0.2) is 11.5 Å². The van der Waals surface area contributed by atoms with E-state index in [0.717, 1.165) is 0 Å². The van der Waals surface area contributed by atoms with Crippen LogP contribution in [-0.4, -0.2) is 38.0 Å². The molecule has 0 radical (unpaired) electrons. The zero-order valence-electron chi connectivity index (χ0n) is 7.86. The lowest BCUT2D eigenvalue weighted by molar-refractivity contribution is 0.0593. The summed E-state index contributed by atoms with van der Waals surface area (Å²) < 4.78 is 4.49. The van der Waals surface area contributed by atoms with Crippen molar-refractivity contribution in [3.05, 3.63) is 30.5 Å². The predicted octanol–water partition coefficient (Wildman–Crippen LogP) is -0.156. The van der Waals surface area contributed by atoms with Gasteiger partial charge in [-0.25, -0.2) is 14.8 Å². The Morgan fingerprint density at radius 1 is 1.27 bits per heavy atom. The summed E-state index contributed by atoms with van der Waals surface area (Å²) >= 11 is 0. The summed E-state index contributed by atoms with van der Waals surface area (Å²) in [6.45, 7) is 0. The van der Waals surface area contributed by atoms with Crippen LogP contribution in [0.15, 0.2) is 24.8 Å². The minimum absolute atomic E-state index is 0.147. The van der Waals surface area contributed by atoms with E-state index < -0.39 is 5.97 Å². The van der Waals surface area contributed by atoms with Crippen LogP contribution in [0.4, 0.5) is 0 Å². The number of carbonyl (C=O) groups is 1. The lowest BCUT2D eigenvalue weighted by Gasteiger charge is -1.99. The Balaban J connectivity index is 2.29. The fourth-order valence-corrected chi connectivity index (χ4v) is 0.969. The molecule has 7 heteroatoms. The van der Waals surface area contributed by atoms with Crippen molar-refractivity contribution in [2.45, 2.75) is 0 Å². The minimum atomic E-state index is -0.525. The maximum absolute atomic E-state index is 11.0. The van der Waals surface area contributed by atoms with Gasteiger partial charge in [-0.15, -0.1) is 4.80 Å². The quantitative estimate of drug-likeness (QED) is 0.634. The summed E-state index contributed by atoms with van der Waals surface area (Å²) in [5.41, 5.74) is 0.147. The van der Waals surface area contributed by atoms with Crippen LogP contribution < -0.4 is 0 Å². The fourth-order valence-electron chi connectivity index (χ4n) is 0.969. The van der Waals surface area contributed by atoms with Crippen molar-refractivity contribution in [2.24, 2.45) is 0 Å². The van der Waals surface area contributed by atoms with E-state index in [9.17, 15) is 4.79 Å². The Morgan fingerprint density at radius 2 is 2.00 bits per heavy atom. The number of esters is 1. The third-order valence-corrected chi connectivity index (χ3v) is 1.66. The molecule has 0 fully saturated rings. The third-order valence-electron chi connectivity index (χ3n) is 1.66. The smallest absolute Gasteiger partial charge is 0.358 e. The van der Waals surface area contributed by atoms with Crippen LogP contribution in [0.1, 0.15) is 10.5 Å². The molecule has 2 heterocycles. The van der Waals surface area contributed by atoms with Gasteiger partial charge in [0, 0.05) is 0 Å². The zero-order valence-corrected chi connectivity index (χ0v) is 7.86. The van der Waals surface area contributed by atoms with Gasteiger partial charge in [0.25, 0.3) is 0 Å². The van der Waals surface area contributed by atoms with E-state index in [4.69, 9.17) is 0 Å². The molecule has 0 spiro atoms. The van der Waals surface area contributed by atoms with Gasteiger partial charge in [0.2, 0.25) is 0 Å². The van der Waals surface area contributed by atoms with Gasteiger partial charge in [0.05, 0.1) is 31.9 Å². The van der Waals surface area contributed by atoms with Crippen LogP contribution in [0.3, 0.4) is 0 Å². The first-order chi connectivity index (χ1) is 7.31. The fraction of sp³-hybridized carbons (Fsp3) is 0.125. The van der Waals surface area contributed by atoms with Gasteiger partial charge in [-0.05, 0) is 0 Å². The molecule has 0 aliphatic rings. The summed E-state index contributed by atoms with van der Waals surface area (Å²) in [6.07, 6.45) is 5.75. The van der Waals surface area contributed by atoms with Crippen molar-refractivity contribution in [1.29, 1.82) is 0 Å². The van der Waals surface area contributed by atoms with Crippen molar-refractivity contribution < 1.29 is 9.53 Å². The van der Waals surface area contributed by atoms with Gasteiger partial charge in [-0.2, -0.15) is 10.2 Å². The number of rotatable bonds is 2. The summed E-state index contributed by atoms with van der Waals surface area (Å²) in [5, 5.41) is 7.74. The molecule has 0 unspecified atom stereocenters. The topological polar surface area (TPSA) is 82.8 Å². The summed E-state index contributed by atoms with van der Waals surface area (Å²) in [4.78, 5) is 20.2. The molecule has 0 aromatic carbocycles. The molecule has 0 amide bonds. The normalized spacial score (nSPS) is 9.93. The van der Waals surface area contributed by atoms with Gasteiger partial charge in [0.1, 0.15) is 0 Å². The molecule has 2 aromatic heterocycles. The molecule has 2 rings (SSSR count). The van der Waals surface area contributed by atoms with E-state index in [2.05, 4.69) is 24.9 Å². The van der Waals surface area contributed by atoms with Gasteiger partial charge in [-0.3, -0.25) is 0 Å². The highest BCUT2D eigenvalue weighted by Gasteiger charge is 2.08. The minimum Gasteiger partial charge on any atom is -0.464 e. The average molecular weight is 205 g/mol. The molecule has 0 bridgehead atoms. The maximum atomic E-state index is 11.0. The molecular weight excluding hydrogens is 198 g/mol. The molecule has 76 valence electrons. The molecule has 0 N–H and O–H groups in total. The second-order valence-electron chi connectivity index (χ2n) is 2.57. The number of methoxy groups -OCH3 is 1. The second kappa shape index (κ2) is 3.82. The van der Waals surface area contributed by atoms with Crippen LogP contribution in [0.25, 0.3) is 5.82 Å². The predicted molar refractivity (Wildman–Crippen MR) is 48.3 cm³/mol. The van der Waals surface area contributed by atoms with Gasteiger partial charge in [-0.1, -0.05) is 0 Å². The first-order valence-corrected chi connectivity index (χ1v) is 4.08. The Labute approximate surface area is 84.7 Å². The molecule has 7 nitrogen and oxygen atoms in total. The Kier molecular flexibility index (Phi) is 2.36. The lowest BCUT2D eigenvalue weighted by atomic mass is 10.4. The van der Waals surface area contributed by atoms with Crippen molar-refractivity contribution >= 4 is 5.97 Å². The van der Waals surface area contributed by atoms with Crippen molar-refractivity contribution in [3.8, 4) is 5.82 Å². The molecule has 0 aliphatic heterocycles. The molecule has 0 aliphatic carbocycles. The van der Waals surface area contributed by atoms with E-state index >= 15 is 0 Å².